The number of benzene rings is 1. The Bertz CT molecular complexity index is 611. The van der Waals surface area contributed by atoms with Crippen molar-refractivity contribution in [3.63, 3.8) is 0 Å². The molecule has 2 N–H and O–H groups in total. The largest absolute Gasteiger partial charge is 0.334 e. The Morgan fingerprint density at radius 1 is 1.21 bits per heavy atom. The smallest absolute Gasteiger partial charge is 0.123 e. The maximum Gasteiger partial charge on any atom is 0.123 e. The quantitative estimate of drug-likeness (QED) is 0.896. The van der Waals surface area contributed by atoms with Crippen LogP contribution in [0.15, 0.2) is 18.2 Å². The molecule has 0 unspecified atom stereocenters. The molecule has 100 valence electrons. The summed E-state index contributed by atoms with van der Waals surface area (Å²) in [6.07, 6.45) is 5.07. The summed E-state index contributed by atoms with van der Waals surface area (Å²) >= 11 is 0. The van der Waals surface area contributed by atoms with Gasteiger partial charge in [0.05, 0.1) is 12.2 Å². The first kappa shape index (κ1) is 12.4. The van der Waals surface area contributed by atoms with Gasteiger partial charge in [-0.3, -0.25) is 0 Å². The summed E-state index contributed by atoms with van der Waals surface area (Å²) < 4.78 is 2.09. The summed E-state index contributed by atoms with van der Waals surface area (Å²) in [5, 5.41) is 0. The van der Waals surface area contributed by atoms with Gasteiger partial charge in [0, 0.05) is 18.3 Å². The third-order valence-corrected chi connectivity index (χ3v) is 4.28. The van der Waals surface area contributed by atoms with Gasteiger partial charge in [-0.25, -0.2) is 4.98 Å². The summed E-state index contributed by atoms with van der Waals surface area (Å²) in [6, 6.07) is 6.81. The van der Waals surface area contributed by atoms with Gasteiger partial charge in [-0.05, 0) is 49.8 Å². The van der Waals surface area contributed by atoms with Gasteiger partial charge in [0.1, 0.15) is 5.82 Å². The zero-order valence-corrected chi connectivity index (χ0v) is 11.7. The van der Waals surface area contributed by atoms with Gasteiger partial charge in [-0.2, -0.15) is 0 Å². The minimum atomic E-state index is 0.488. The van der Waals surface area contributed by atoms with E-state index in [1.54, 1.807) is 0 Å². The molecule has 0 aliphatic heterocycles. The first-order valence-corrected chi connectivity index (χ1v) is 7.05. The van der Waals surface area contributed by atoms with Crippen LogP contribution < -0.4 is 5.73 Å². The Morgan fingerprint density at radius 2 is 1.95 bits per heavy atom. The van der Waals surface area contributed by atoms with E-state index in [-0.39, 0.29) is 0 Å². The van der Waals surface area contributed by atoms with E-state index in [9.17, 15) is 0 Å². The van der Waals surface area contributed by atoms with Crippen molar-refractivity contribution >= 4 is 0 Å². The van der Waals surface area contributed by atoms with Crippen LogP contribution in [-0.2, 0) is 26.4 Å². The minimum Gasteiger partial charge on any atom is -0.334 e. The SMILES string of the molecule is Cc1c(-c2ccc3c(c2)CCCC3)nc(CN)n1C. The Morgan fingerprint density at radius 3 is 2.63 bits per heavy atom. The van der Waals surface area contributed by atoms with Crippen LogP contribution >= 0.6 is 0 Å². The van der Waals surface area contributed by atoms with Crippen molar-refractivity contribution in [1.29, 1.82) is 0 Å². The molecule has 1 aromatic carbocycles. The van der Waals surface area contributed by atoms with Crippen molar-refractivity contribution in [3.05, 3.63) is 40.8 Å². The third-order valence-electron chi connectivity index (χ3n) is 4.28. The maximum atomic E-state index is 5.74. The average Bonchev–Trinajstić information content (AvgIpc) is 2.74. The first-order chi connectivity index (χ1) is 9.20. The molecule has 1 aliphatic rings. The van der Waals surface area contributed by atoms with Crippen molar-refractivity contribution in [2.24, 2.45) is 12.8 Å². The lowest BCUT2D eigenvalue weighted by Gasteiger charge is -2.16. The molecule has 0 bridgehead atoms. The summed E-state index contributed by atoms with van der Waals surface area (Å²) in [4.78, 5) is 4.68. The summed E-state index contributed by atoms with van der Waals surface area (Å²) in [5.74, 6) is 0.949. The van der Waals surface area contributed by atoms with Crippen molar-refractivity contribution in [1.82, 2.24) is 9.55 Å². The predicted octanol–water partition coefficient (Wildman–Crippen LogP) is 2.73. The van der Waals surface area contributed by atoms with Gasteiger partial charge < -0.3 is 10.3 Å². The molecule has 3 nitrogen and oxygen atoms in total. The summed E-state index contributed by atoms with van der Waals surface area (Å²) in [5.41, 5.74) is 12.3. The molecular weight excluding hydrogens is 234 g/mol. The van der Waals surface area contributed by atoms with Gasteiger partial charge in [-0.15, -0.1) is 0 Å². The molecule has 3 heteroatoms. The number of hydrogen-bond donors (Lipinski definition) is 1. The van der Waals surface area contributed by atoms with Crippen molar-refractivity contribution in [2.75, 3.05) is 0 Å². The highest BCUT2D eigenvalue weighted by atomic mass is 15.1. The number of nitrogens with two attached hydrogens (primary N) is 1. The van der Waals surface area contributed by atoms with Crippen LogP contribution in [0.3, 0.4) is 0 Å². The fourth-order valence-corrected chi connectivity index (χ4v) is 2.97. The molecule has 0 spiro atoms. The fraction of sp³-hybridized carbons (Fsp3) is 0.438. The molecule has 1 aromatic heterocycles. The zero-order valence-electron chi connectivity index (χ0n) is 11.7. The standard InChI is InChI=1S/C16H21N3/c1-11-16(18-15(10-17)19(11)2)14-8-7-12-5-3-4-6-13(12)9-14/h7-9H,3-6,10,17H2,1-2H3. The van der Waals surface area contributed by atoms with Gasteiger partial charge in [0.25, 0.3) is 0 Å². The lowest BCUT2D eigenvalue weighted by atomic mass is 9.90. The topological polar surface area (TPSA) is 43.8 Å². The molecule has 0 radical (unpaired) electrons. The van der Waals surface area contributed by atoms with E-state index in [0.717, 1.165) is 11.5 Å². The van der Waals surface area contributed by atoms with E-state index in [2.05, 4.69) is 34.7 Å². The lowest BCUT2D eigenvalue weighted by Crippen LogP contribution is -2.05. The Hall–Kier alpha value is -1.61. The second-order valence-corrected chi connectivity index (χ2v) is 5.42. The highest BCUT2D eigenvalue weighted by molar-refractivity contribution is 5.64. The van der Waals surface area contributed by atoms with Crippen molar-refractivity contribution < 1.29 is 0 Å². The van der Waals surface area contributed by atoms with Crippen LogP contribution in [0.2, 0.25) is 0 Å². The summed E-state index contributed by atoms with van der Waals surface area (Å²) in [7, 11) is 2.03. The van der Waals surface area contributed by atoms with Gasteiger partial charge >= 0.3 is 0 Å². The second-order valence-electron chi connectivity index (χ2n) is 5.42. The van der Waals surface area contributed by atoms with Crippen LogP contribution in [0.4, 0.5) is 0 Å². The predicted molar refractivity (Wildman–Crippen MR) is 77.9 cm³/mol. The summed E-state index contributed by atoms with van der Waals surface area (Å²) in [6.45, 7) is 2.60. The molecule has 19 heavy (non-hydrogen) atoms. The Labute approximate surface area is 114 Å². The first-order valence-electron chi connectivity index (χ1n) is 7.05. The van der Waals surface area contributed by atoms with Crippen LogP contribution in [0.25, 0.3) is 11.3 Å². The average molecular weight is 255 g/mol. The number of rotatable bonds is 2. The molecule has 2 aromatic rings. The molecule has 1 aliphatic carbocycles. The van der Waals surface area contributed by atoms with Crippen LogP contribution in [0.5, 0.6) is 0 Å². The number of aromatic nitrogens is 2. The molecular formula is C16H21N3. The normalized spacial score (nSPS) is 14.5. The van der Waals surface area contributed by atoms with Crippen molar-refractivity contribution in [2.45, 2.75) is 39.2 Å². The molecule has 1 heterocycles. The number of aryl methyl sites for hydroxylation is 2. The highest BCUT2D eigenvalue weighted by Crippen LogP contribution is 2.28. The van der Waals surface area contributed by atoms with E-state index in [1.165, 1.54) is 48.1 Å². The minimum absolute atomic E-state index is 0.488. The third kappa shape index (κ3) is 2.08. The molecule has 0 saturated carbocycles. The number of nitrogens with zero attached hydrogens (tertiary/aromatic N) is 2. The van der Waals surface area contributed by atoms with E-state index < -0.39 is 0 Å². The number of hydrogen-bond acceptors (Lipinski definition) is 2. The van der Waals surface area contributed by atoms with Gasteiger partial charge in [0.2, 0.25) is 0 Å². The highest BCUT2D eigenvalue weighted by Gasteiger charge is 2.15. The van der Waals surface area contributed by atoms with E-state index >= 15 is 0 Å². The van der Waals surface area contributed by atoms with E-state index in [4.69, 9.17) is 5.73 Å². The molecule has 0 saturated heterocycles. The van der Waals surface area contributed by atoms with E-state index in [0.29, 0.717) is 6.54 Å². The van der Waals surface area contributed by atoms with Crippen LogP contribution in [-0.4, -0.2) is 9.55 Å². The van der Waals surface area contributed by atoms with Crippen LogP contribution in [0, 0.1) is 6.92 Å². The molecule has 3 rings (SSSR count). The Balaban J connectivity index is 2.07. The Kier molecular flexibility index (Phi) is 3.15. The van der Waals surface area contributed by atoms with Gasteiger partial charge in [-0.1, -0.05) is 12.1 Å². The molecule has 0 amide bonds. The molecule has 0 fully saturated rings. The number of fused-ring (bicyclic) bond motifs is 1. The monoisotopic (exact) mass is 255 g/mol. The van der Waals surface area contributed by atoms with Crippen LogP contribution in [0.1, 0.15) is 35.5 Å². The molecule has 0 atom stereocenters. The van der Waals surface area contributed by atoms with E-state index in [1.807, 2.05) is 7.05 Å². The van der Waals surface area contributed by atoms with Crippen molar-refractivity contribution in [3.8, 4) is 11.3 Å². The fourth-order valence-electron chi connectivity index (χ4n) is 2.97. The number of imidazole rings is 1. The second kappa shape index (κ2) is 4.82. The zero-order chi connectivity index (χ0) is 13.4. The maximum absolute atomic E-state index is 5.74. The lowest BCUT2D eigenvalue weighted by molar-refractivity contribution is 0.686. The van der Waals surface area contributed by atoms with Gasteiger partial charge in [0.15, 0.2) is 0 Å².